The molecule has 0 saturated carbocycles. The van der Waals surface area contributed by atoms with Crippen molar-refractivity contribution >= 4 is 17.3 Å². The standard InChI is InChI=1S/C12H16FN3O3/c1-7(2)9(6-14)12(17)15-10-4-3-8(13)5-11(10)16(18)19/h3-5,7,9H,6,14H2,1-2H3,(H,15,17). The number of rotatable bonds is 5. The molecule has 0 radical (unpaired) electrons. The lowest BCUT2D eigenvalue weighted by Gasteiger charge is -2.18. The minimum absolute atomic E-state index is 0.00417. The average Bonchev–Trinajstić information content (AvgIpc) is 2.31. The van der Waals surface area contributed by atoms with E-state index >= 15 is 0 Å². The monoisotopic (exact) mass is 269 g/mol. The van der Waals surface area contributed by atoms with Gasteiger partial charge in [-0.2, -0.15) is 0 Å². The van der Waals surface area contributed by atoms with Gasteiger partial charge < -0.3 is 11.1 Å². The summed E-state index contributed by atoms with van der Waals surface area (Å²) in [5, 5.41) is 13.2. The third-order valence-corrected chi connectivity index (χ3v) is 2.81. The largest absolute Gasteiger partial charge is 0.330 e. The lowest BCUT2D eigenvalue weighted by molar-refractivity contribution is -0.384. The maximum absolute atomic E-state index is 13.0. The molecule has 19 heavy (non-hydrogen) atoms. The number of carbonyl (C=O) groups excluding carboxylic acids is 1. The van der Waals surface area contributed by atoms with Gasteiger partial charge in [-0.25, -0.2) is 4.39 Å². The van der Waals surface area contributed by atoms with Gasteiger partial charge in [0.25, 0.3) is 5.69 Å². The van der Waals surface area contributed by atoms with E-state index in [0.717, 1.165) is 12.1 Å². The van der Waals surface area contributed by atoms with Gasteiger partial charge in [-0.15, -0.1) is 0 Å². The molecule has 3 N–H and O–H groups in total. The van der Waals surface area contributed by atoms with Crippen LogP contribution in [0.15, 0.2) is 18.2 Å². The van der Waals surface area contributed by atoms with Crippen molar-refractivity contribution in [1.82, 2.24) is 0 Å². The van der Waals surface area contributed by atoms with Crippen LogP contribution in [0.5, 0.6) is 0 Å². The van der Waals surface area contributed by atoms with E-state index in [-0.39, 0.29) is 18.2 Å². The van der Waals surface area contributed by atoms with Gasteiger partial charge in [-0.1, -0.05) is 13.8 Å². The van der Waals surface area contributed by atoms with Crippen LogP contribution in [0.2, 0.25) is 0 Å². The number of halogens is 1. The van der Waals surface area contributed by atoms with E-state index in [1.165, 1.54) is 6.07 Å². The summed E-state index contributed by atoms with van der Waals surface area (Å²) >= 11 is 0. The quantitative estimate of drug-likeness (QED) is 0.630. The first kappa shape index (κ1) is 15.0. The summed E-state index contributed by atoms with van der Waals surface area (Å²) < 4.78 is 13.0. The number of benzene rings is 1. The molecule has 1 rings (SSSR count). The van der Waals surface area contributed by atoms with E-state index in [1.54, 1.807) is 0 Å². The number of nitro benzene ring substituents is 1. The van der Waals surface area contributed by atoms with Crippen LogP contribution in [0.3, 0.4) is 0 Å². The molecule has 0 aliphatic rings. The number of nitrogens with zero attached hydrogens (tertiary/aromatic N) is 1. The highest BCUT2D eigenvalue weighted by Crippen LogP contribution is 2.26. The summed E-state index contributed by atoms with van der Waals surface area (Å²) in [6.07, 6.45) is 0. The molecule has 0 bridgehead atoms. The van der Waals surface area contributed by atoms with Crippen LogP contribution in [0.4, 0.5) is 15.8 Å². The second-order valence-electron chi connectivity index (χ2n) is 4.49. The smallest absolute Gasteiger partial charge is 0.295 e. The van der Waals surface area contributed by atoms with Crippen molar-refractivity contribution in [3.63, 3.8) is 0 Å². The molecule has 104 valence electrons. The molecule has 0 heterocycles. The van der Waals surface area contributed by atoms with Crippen LogP contribution in [0, 0.1) is 27.8 Å². The summed E-state index contributed by atoms with van der Waals surface area (Å²) in [7, 11) is 0. The summed E-state index contributed by atoms with van der Waals surface area (Å²) in [5.41, 5.74) is 4.98. The Morgan fingerprint density at radius 2 is 2.16 bits per heavy atom. The summed E-state index contributed by atoms with van der Waals surface area (Å²) in [5.74, 6) is -1.59. The highest BCUT2D eigenvalue weighted by Gasteiger charge is 2.23. The number of nitro groups is 1. The lowest BCUT2D eigenvalue weighted by atomic mass is 9.95. The molecule has 1 atom stereocenters. The van der Waals surface area contributed by atoms with Crippen molar-refractivity contribution in [2.75, 3.05) is 11.9 Å². The Morgan fingerprint density at radius 3 is 2.63 bits per heavy atom. The van der Waals surface area contributed by atoms with Crippen molar-refractivity contribution in [1.29, 1.82) is 0 Å². The molecule has 1 unspecified atom stereocenters. The van der Waals surface area contributed by atoms with E-state index in [0.29, 0.717) is 0 Å². The Morgan fingerprint density at radius 1 is 1.53 bits per heavy atom. The van der Waals surface area contributed by atoms with E-state index in [2.05, 4.69) is 5.32 Å². The maximum Gasteiger partial charge on any atom is 0.295 e. The zero-order valence-electron chi connectivity index (χ0n) is 10.7. The van der Waals surface area contributed by atoms with Crippen molar-refractivity contribution in [2.24, 2.45) is 17.6 Å². The third-order valence-electron chi connectivity index (χ3n) is 2.81. The molecule has 0 aliphatic carbocycles. The van der Waals surface area contributed by atoms with Crippen LogP contribution in [0.25, 0.3) is 0 Å². The molecule has 0 saturated heterocycles. The predicted molar refractivity (Wildman–Crippen MR) is 69.1 cm³/mol. The molecule has 6 nitrogen and oxygen atoms in total. The Hall–Kier alpha value is -2.02. The second kappa shape index (κ2) is 6.24. The molecule has 0 spiro atoms. The molecule has 0 aromatic heterocycles. The second-order valence-corrected chi connectivity index (χ2v) is 4.49. The van der Waals surface area contributed by atoms with Gasteiger partial charge in [0, 0.05) is 6.54 Å². The SMILES string of the molecule is CC(C)C(CN)C(=O)Nc1ccc(F)cc1[N+](=O)[O-]. The number of amides is 1. The predicted octanol–water partition coefficient (Wildman–Crippen LogP) is 1.90. The van der Waals surface area contributed by atoms with Gasteiger partial charge in [0.1, 0.15) is 11.5 Å². The zero-order valence-corrected chi connectivity index (χ0v) is 10.7. The molecule has 1 amide bonds. The van der Waals surface area contributed by atoms with E-state index in [4.69, 9.17) is 5.73 Å². The Kier molecular flexibility index (Phi) is 4.94. The molecule has 0 fully saturated rings. The van der Waals surface area contributed by atoms with Gasteiger partial charge in [-0.05, 0) is 18.1 Å². The first-order chi connectivity index (χ1) is 8.86. The van der Waals surface area contributed by atoms with Gasteiger partial charge in [-0.3, -0.25) is 14.9 Å². The van der Waals surface area contributed by atoms with Gasteiger partial charge in [0.15, 0.2) is 0 Å². The molecule has 7 heteroatoms. The number of hydrogen-bond acceptors (Lipinski definition) is 4. The van der Waals surface area contributed by atoms with Gasteiger partial charge in [0.2, 0.25) is 5.91 Å². The van der Waals surface area contributed by atoms with Gasteiger partial charge in [0.05, 0.1) is 16.9 Å². The summed E-state index contributed by atoms with van der Waals surface area (Å²) in [6.45, 7) is 3.80. The number of carbonyl (C=O) groups is 1. The summed E-state index contributed by atoms with van der Waals surface area (Å²) in [4.78, 5) is 22.0. The van der Waals surface area contributed by atoms with E-state index in [1.807, 2.05) is 13.8 Å². The third kappa shape index (κ3) is 3.72. The van der Waals surface area contributed by atoms with Crippen molar-refractivity contribution in [2.45, 2.75) is 13.8 Å². The Bertz CT molecular complexity index is 491. The topological polar surface area (TPSA) is 98.3 Å². The van der Waals surface area contributed by atoms with E-state index in [9.17, 15) is 19.3 Å². The van der Waals surface area contributed by atoms with Gasteiger partial charge >= 0.3 is 0 Å². The number of anilines is 1. The van der Waals surface area contributed by atoms with Crippen molar-refractivity contribution in [3.8, 4) is 0 Å². The van der Waals surface area contributed by atoms with Crippen LogP contribution >= 0.6 is 0 Å². The fourth-order valence-electron chi connectivity index (χ4n) is 1.67. The van der Waals surface area contributed by atoms with Crippen LogP contribution in [-0.4, -0.2) is 17.4 Å². The van der Waals surface area contributed by atoms with Crippen molar-refractivity contribution in [3.05, 3.63) is 34.1 Å². The molecule has 1 aromatic rings. The Balaban J connectivity index is 2.99. The molecule has 1 aromatic carbocycles. The molecular weight excluding hydrogens is 253 g/mol. The first-order valence-electron chi connectivity index (χ1n) is 5.81. The fraction of sp³-hybridized carbons (Fsp3) is 0.417. The minimum atomic E-state index is -0.745. The minimum Gasteiger partial charge on any atom is -0.330 e. The summed E-state index contributed by atoms with van der Waals surface area (Å²) in [6, 6.07) is 2.98. The van der Waals surface area contributed by atoms with E-state index < -0.39 is 28.3 Å². The van der Waals surface area contributed by atoms with Crippen LogP contribution in [0.1, 0.15) is 13.8 Å². The maximum atomic E-state index is 13.0. The number of hydrogen-bond donors (Lipinski definition) is 2. The molecular formula is C12H16FN3O3. The lowest BCUT2D eigenvalue weighted by Crippen LogP contribution is -2.33. The highest BCUT2D eigenvalue weighted by molar-refractivity contribution is 5.94. The van der Waals surface area contributed by atoms with Crippen molar-refractivity contribution < 1.29 is 14.1 Å². The number of nitrogens with two attached hydrogens (primary N) is 1. The normalized spacial score (nSPS) is 12.3. The van der Waals surface area contributed by atoms with Crippen LogP contribution in [-0.2, 0) is 4.79 Å². The zero-order chi connectivity index (χ0) is 14.6. The Labute approximate surface area is 109 Å². The first-order valence-corrected chi connectivity index (χ1v) is 5.81. The highest BCUT2D eigenvalue weighted by atomic mass is 19.1. The average molecular weight is 269 g/mol. The number of nitrogens with one attached hydrogen (secondary N) is 1. The van der Waals surface area contributed by atoms with Crippen LogP contribution < -0.4 is 11.1 Å². The fourth-order valence-corrected chi connectivity index (χ4v) is 1.67. The molecule has 0 aliphatic heterocycles.